The summed E-state index contributed by atoms with van der Waals surface area (Å²) in [7, 11) is 0. The van der Waals surface area contributed by atoms with Gasteiger partial charge < -0.3 is 10.2 Å². The van der Waals surface area contributed by atoms with E-state index in [-0.39, 0.29) is 0 Å². The number of nitrogens with two attached hydrogens (primary N) is 1. The maximum Gasteiger partial charge on any atom is 0.134 e. The molecule has 0 saturated carbocycles. The Kier molecular flexibility index (Phi) is 2.37. The van der Waals surface area contributed by atoms with Crippen LogP contribution in [0.15, 0.2) is 41.0 Å². The topological polar surface area (TPSA) is 39.2 Å². The Hall–Kier alpha value is -1.54. The molecule has 0 saturated heterocycles. The maximum absolute atomic E-state index is 5.59. The van der Waals surface area contributed by atoms with E-state index in [9.17, 15) is 0 Å². The molecule has 0 atom stereocenters. The van der Waals surface area contributed by atoms with Gasteiger partial charge in [-0.1, -0.05) is 12.1 Å². The van der Waals surface area contributed by atoms with Gasteiger partial charge >= 0.3 is 0 Å². The molecule has 0 amide bonds. The van der Waals surface area contributed by atoms with E-state index >= 15 is 0 Å². The molecule has 0 fully saturated rings. The normalized spacial score (nSPS) is 10.4. The molecule has 72 valence electrons. The second kappa shape index (κ2) is 3.68. The Labute approximate surface area is 83.4 Å². The maximum atomic E-state index is 5.59. The number of rotatable bonds is 2. The molecule has 0 unspecified atom stereocenters. The van der Waals surface area contributed by atoms with E-state index in [0.717, 1.165) is 16.9 Å². The van der Waals surface area contributed by atoms with E-state index in [4.69, 9.17) is 10.2 Å². The first-order valence-electron chi connectivity index (χ1n) is 4.65. The van der Waals surface area contributed by atoms with Crippen molar-refractivity contribution in [3.8, 4) is 11.3 Å². The van der Waals surface area contributed by atoms with Crippen LogP contribution in [0.4, 0.5) is 0 Å². The highest BCUT2D eigenvalue weighted by Gasteiger charge is 2.04. The van der Waals surface area contributed by atoms with Crippen molar-refractivity contribution in [2.75, 3.05) is 0 Å². The third-order valence-electron chi connectivity index (χ3n) is 2.32. The zero-order valence-corrected chi connectivity index (χ0v) is 8.16. The minimum atomic E-state index is 0.563. The Balaban J connectivity index is 2.51. The highest BCUT2D eigenvalue weighted by molar-refractivity contribution is 5.62. The van der Waals surface area contributed by atoms with Gasteiger partial charge in [0.2, 0.25) is 0 Å². The summed E-state index contributed by atoms with van der Waals surface area (Å²) in [6.45, 7) is 2.63. The Morgan fingerprint density at radius 2 is 2.14 bits per heavy atom. The van der Waals surface area contributed by atoms with Gasteiger partial charge in [0.05, 0.1) is 6.26 Å². The molecule has 1 aromatic heterocycles. The fourth-order valence-electron chi connectivity index (χ4n) is 1.49. The lowest BCUT2D eigenvalue weighted by atomic mass is 10.0. The standard InChI is InChI=1S/C12H13NO/c1-9-4-5-10(8-13)7-11(9)12-3-2-6-14-12/h2-7H,8,13H2,1H3. The lowest BCUT2D eigenvalue weighted by molar-refractivity contribution is 0.582. The molecule has 0 spiro atoms. The van der Waals surface area contributed by atoms with Crippen LogP contribution in [0.5, 0.6) is 0 Å². The van der Waals surface area contributed by atoms with Crippen LogP contribution in [0.1, 0.15) is 11.1 Å². The lowest BCUT2D eigenvalue weighted by Gasteiger charge is -2.04. The van der Waals surface area contributed by atoms with Crippen LogP contribution >= 0.6 is 0 Å². The molecular weight excluding hydrogens is 174 g/mol. The molecule has 14 heavy (non-hydrogen) atoms. The monoisotopic (exact) mass is 187 g/mol. The van der Waals surface area contributed by atoms with Crippen molar-refractivity contribution in [3.63, 3.8) is 0 Å². The first-order valence-corrected chi connectivity index (χ1v) is 4.65. The zero-order chi connectivity index (χ0) is 9.97. The summed E-state index contributed by atoms with van der Waals surface area (Å²) in [5.74, 6) is 0.901. The van der Waals surface area contributed by atoms with Crippen molar-refractivity contribution >= 4 is 0 Å². The highest BCUT2D eigenvalue weighted by atomic mass is 16.3. The molecule has 0 aliphatic carbocycles. The number of furan rings is 1. The van der Waals surface area contributed by atoms with Crippen LogP contribution in [0.25, 0.3) is 11.3 Å². The zero-order valence-electron chi connectivity index (χ0n) is 8.16. The van der Waals surface area contributed by atoms with E-state index in [2.05, 4.69) is 19.1 Å². The number of hydrogen-bond acceptors (Lipinski definition) is 2. The van der Waals surface area contributed by atoms with Gasteiger partial charge in [-0.2, -0.15) is 0 Å². The molecular formula is C12H13NO. The molecule has 2 rings (SSSR count). The van der Waals surface area contributed by atoms with Crippen molar-refractivity contribution in [1.82, 2.24) is 0 Å². The predicted molar refractivity (Wildman–Crippen MR) is 56.8 cm³/mol. The van der Waals surface area contributed by atoms with Crippen LogP contribution in [0, 0.1) is 6.92 Å². The van der Waals surface area contributed by atoms with E-state index in [0.29, 0.717) is 6.54 Å². The van der Waals surface area contributed by atoms with Crippen molar-refractivity contribution in [1.29, 1.82) is 0 Å². The minimum absolute atomic E-state index is 0.563. The van der Waals surface area contributed by atoms with Gasteiger partial charge in [-0.3, -0.25) is 0 Å². The quantitative estimate of drug-likeness (QED) is 0.785. The molecule has 0 radical (unpaired) electrons. The van der Waals surface area contributed by atoms with Gasteiger partial charge in [-0.15, -0.1) is 0 Å². The highest BCUT2D eigenvalue weighted by Crippen LogP contribution is 2.24. The third-order valence-corrected chi connectivity index (χ3v) is 2.32. The van der Waals surface area contributed by atoms with Crippen LogP contribution in [-0.4, -0.2) is 0 Å². The molecule has 2 N–H and O–H groups in total. The van der Waals surface area contributed by atoms with E-state index in [1.807, 2.05) is 18.2 Å². The Bertz CT molecular complexity index is 418. The molecule has 0 bridgehead atoms. The Morgan fingerprint density at radius 3 is 2.79 bits per heavy atom. The van der Waals surface area contributed by atoms with Crippen LogP contribution in [-0.2, 0) is 6.54 Å². The molecule has 2 aromatic rings. The SMILES string of the molecule is Cc1ccc(CN)cc1-c1ccco1. The van der Waals surface area contributed by atoms with Gasteiger partial charge in [0.15, 0.2) is 0 Å². The summed E-state index contributed by atoms with van der Waals surface area (Å²) in [5.41, 5.74) is 9.05. The number of hydrogen-bond donors (Lipinski definition) is 1. The summed E-state index contributed by atoms with van der Waals surface area (Å²) in [6.07, 6.45) is 1.68. The molecule has 2 heteroatoms. The molecule has 1 aromatic carbocycles. The van der Waals surface area contributed by atoms with Crippen molar-refractivity contribution < 1.29 is 4.42 Å². The lowest BCUT2D eigenvalue weighted by Crippen LogP contribution is -1.96. The van der Waals surface area contributed by atoms with Gasteiger partial charge in [0, 0.05) is 12.1 Å². The first-order chi connectivity index (χ1) is 6.81. The third kappa shape index (κ3) is 1.56. The van der Waals surface area contributed by atoms with E-state index < -0.39 is 0 Å². The summed E-state index contributed by atoms with van der Waals surface area (Å²) < 4.78 is 5.36. The van der Waals surface area contributed by atoms with Crippen molar-refractivity contribution in [2.24, 2.45) is 5.73 Å². The first kappa shape index (κ1) is 9.03. The molecule has 0 aliphatic rings. The molecule has 1 heterocycles. The predicted octanol–water partition coefficient (Wildman–Crippen LogP) is 2.71. The second-order valence-corrected chi connectivity index (χ2v) is 3.33. The molecule has 2 nitrogen and oxygen atoms in total. The summed E-state index contributed by atoms with van der Waals surface area (Å²) in [4.78, 5) is 0. The fraction of sp³-hybridized carbons (Fsp3) is 0.167. The minimum Gasteiger partial charge on any atom is -0.464 e. The van der Waals surface area contributed by atoms with E-state index in [1.54, 1.807) is 6.26 Å². The average Bonchev–Trinajstić information content (AvgIpc) is 2.71. The van der Waals surface area contributed by atoms with Crippen LogP contribution in [0.2, 0.25) is 0 Å². The van der Waals surface area contributed by atoms with Crippen molar-refractivity contribution in [3.05, 3.63) is 47.7 Å². The van der Waals surface area contributed by atoms with Gasteiger partial charge in [-0.25, -0.2) is 0 Å². The smallest absolute Gasteiger partial charge is 0.134 e. The Morgan fingerprint density at radius 1 is 1.29 bits per heavy atom. The fourth-order valence-corrected chi connectivity index (χ4v) is 1.49. The van der Waals surface area contributed by atoms with Gasteiger partial charge in [0.25, 0.3) is 0 Å². The molecule has 0 aliphatic heterocycles. The van der Waals surface area contributed by atoms with Crippen molar-refractivity contribution in [2.45, 2.75) is 13.5 Å². The number of aryl methyl sites for hydroxylation is 1. The average molecular weight is 187 g/mol. The largest absolute Gasteiger partial charge is 0.464 e. The van der Waals surface area contributed by atoms with Crippen LogP contribution in [0.3, 0.4) is 0 Å². The second-order valence-electron chi connectivity index (χ2n) is 3.33. The van der Waals surface area contributed by atoms with E-state index in [1.165, 1.54) is 5.56 Å². The summed E-state index contributed by atoms with van der Waals surface area (Å²) in [5, 5.41) is 0. The number of benzene rings is 1. The van der Waals surface area contributed by atoms with Gasteiger partial charge in [0.1, 0.15) is 5.76 Å². The summed E-state index contributed by atoms with van der Waals surface area (Å²) >= 11 is 0. The summed E-state index contributed by atoms with van der Waals surface area (Å²) in [6, 6.07) is 10.0. The van der Waals surface area contributed by atoms with Crippen LogP contribution < -0.4 is 5.73 Å². The van der Waals surface area contributed by atoms with Gasteiger partial charge in [-0.05, 0) is 36.2 Å².